The maximum atomic E-state index is 9.62. The third-order valence-electron chi connectivity index (χ3n) is 1.97. The van der Waals surface area contributed by atoms with E-state index < -0.39 is 0 Å². The number of hydrogen-bond acceptors (Lipinski definition) is 2. The van der Waals surface area contributed by atoms with Gasteiger partial charge in [0.25, 0.3) is 0 Å². The van der Waals surface area contributed by atoms with E-state index in [1.165, 1.54) is 0 Å². The zero-order chi connectivity index (χ0) is 9.52. The lowest BCUT2D eigenvalue weighted by Gasteiger charge is -2.08. The van der Waals surface area contributed by atoms with Crippen LogP contribution in [0.25, 0.3) is 0 Å². The van der Waals surface area contributed by atoms with Crippen LogP contribution in [0.2, 0.25) is 0 Å². The summed E-state index contributed by atoms with van der Waals surface area (Å²) in [6.07, 6.45) is 3.11. The van der Waals surface area contributed by atoms with Crippen molar-refractivity contribution in [2.24, 2.45) is 5.73 Å². The van der Waals surface area contributed by atoms with E-state index in [4.69, 9.17) is 5.73 Å². The highest BCUT2D eigenvalue weighted by atomic mass is 16.3. The SMILES string of the molecule is NCCCC[C](O)c1ccccc1. The highest BCUT2D eigenvalue weighted by Gasteiger charge is 2.06. The van der Waals surface area contributed by atoms with Gasteiger partial charge in [-0.3, -0.25) is 0 Å². The van der Waals surface area contributed by atoms with Crippen LogP contribution in [0.5, 0.6) is 0 Å². The van der Waals surface area contributed by atoms with Gasteiger partial charge in [-0.05, 0) is 31.4 Å². The largest absolute Gasteiger partial charge is 0.382 e. The minimum atomic E-state index is 0.467. The predicted molar refractivity (Wildman–Crippen MR) is 53.6 cm³/mol. The quantitative estimate of drug-likeness (QED) is 0.678. The fourth-order valence-corrected chi connectivity index (χ4v) is 1.21. The van der Waals surface area contributed by atoms with Crippen LogP contribution in [0.4, 0.5) is 0 Å². The molecule has 3 N–H and O–H groups in total. The van der Waals surface area contributed by atoms with Crippen molar-refractivity contribution < 1.29 is 5.11 Å². The summed E-state index contributed by atoms with van der Waals surface area (Å²) in [5.74, 6) is 0. The zero-order valence-electron chi connectivity index (χ0n) is 7.74. The van der Waals surface area contributed by atoms with Gasteiger partial charge < -0.3 is 10.8 Å². The molecule has 1 aromatic rings. The molecule has 1 rings (SSSR count). The number of hydrogen-bond donors (Lipinski definition) is 2. The first kappa shape index (κ1) is 10.2. The number of benzene rings is 1. The summed E-state index contributed by atoms with van der Waals surface area (Å²) >= 11 is 0. The molecule has 1 radical (unpaired) electrons. The summed E-state index contributed by atoms with van der Waals surface area (Å²) in [6, 6.07) is 9.62. The van der Waals surface area contributed by atoms with Crippen molar-refractivity contribution in [1.82, 2.24) is 0 Å². The van der Waals surface area contributed by atoms with Crippen molar-refractivity contribution >= 4 is 0 Å². The van der Waals surface area contributed by atoms with Gasteiger partial charge in [-0.15, -0.1) is 0 Å². The lowest BCUT2D eigenvalue weighted by molar-refractivity contribution is 0.307. The normalized spacial score (nSPS) is 10.7. The van der Waals surface area contributed by atoms with Crippen LogP contribution < -0.4 is 5.73 Å². The van der Waals surface area contributed by atoms with Crippen molar-refractivity contribution in [1.29, 1.82) is 0 Å². The number of nitrogens with two attached hydrogens (primary N) is 1. The first-order valence-electron chi connectivity index (χ1n) is 4.65. The van der Waals surface area contributed by atoms with Crippen molar-refractivity contribution in [2.75, 3.05) is 6.54 Å². The molecule has 0 saturated carbocycles. The van der Waals surface area contributed by atoms with Crippen molar-refractivity contribution in [3.63, 3.8) is 0 Å². The number of rotatable bonds is 5. The molecule has 0 spiro atoms. The van der Waals surface area contributed by atoms with Crippen LogP contribution in [0.15, 0.2) is 30.3 Å². The Morgan fingerprint density at radius 1 is 1.15 bits per heavy atom. The average molecular weight is 178 g/mol. The Hall–Kier alpha value is -0.860. The first-order chi connectivity index (χ1) is 6.34. The summed E-state index contributed by atoms with van der Waals surface area (Å²) < 4.78 is 0. The molecule has 0 amide bonds. The smallest absolute Gasteiger partial charge is 0.122 e. The molecule has 0 atom stereocenters. The van der Waals surface area contributed by atoms with Crippen molar-refractivity contribution in [3.05, 3.63) is 42.0 Å². The molecule has 0 aliphatic heterocycles. The Labute approximate surface area is 79.4 Å². The summed E-state index contributed by atoms with van der Waals surface area (Å²) in [7, 11) is 0. The van der Waals surface area contributed by atoms with Gasteiger partial charge in [0.05, 0.1) is 0 Å². The molecular weight excluding hydrogens is 162 g/mol. The Kier molecular flexibility index (Phi) is 4.50. The van der Waals surface area contributed by atoms with Crippen LogP contribution in [0, 0.1) is 6.10 Å². The molecule has 0 aromatic heterocycles. The van der Waals surface area contributed by atoms with E-state index in [9.17, 15) is 5.11 Å². The Morgan fingerprint density at radius 2 is 1.85 bits per heavy atom. The molecule has 0 unspecified atom stereocenters. The van der Waals surface area contributed by atoms with Gasteiger partial charge in [-0.25, -0.2) is 0 Å². The monoisotopic (exact) mass is 178 g/mol. The Bertz CT molecular complexity index is 223. The highest BCUT2D eigenvalue weighted by Crippen LogP contribution is 2.16. The van der Waals surface area contributed by atoms with Crippen molar-refractivity contribution in [3.8, 4) is 0 Å². The van der Waals surface area contributed by atoms with E-state index in [-0.39, 0.29) is 0 Å². The Morgan fingerprint density at radius 3 is 2.46 bits per heavy atom. The van der Waals surface area contributed by atoms with E-state index in [0.717, 1.165) is 24.8 Å². The highest BCUT2D eigenvalue weighted by molar-refractivity contribution is 5.25. The van der Waals surface area contributed by atoms with Crippen molar-refractivity contribution in [2.45, 2.75) is 19.3 Å². The topological polar surface area (TPSA) is 46.2 Å². The molecule has 1 aromatic carbocycles. The van der Waals surface area contributed by atoms with Gasteiger partial charge in [0.2, 0.25) is 0 Å². The lowest BCUT2D eigenvalue weighted by atomic mass is 10.0. The van der Waals surface area contributed by atoms with Crippen LogP contribution in [-0.4, -0.2) is 11.7 Å². The third-order valence-corrected chi connectivity index (χ3v) is 1.97. The summed E-state index contributed by atoms with van der Waals surface area (Å²) in [4.78, 5) is 0. The van der Waals surface area contributed by atoms with Gasteiger partial charge >= 0.3 is 0 Å². The summed E-state index contributed by atoms with van der Waals surface area (Å²) in [5.41, 5.74) is 6.28. The van der Waals surface area contributed by atoms with E-state index in [1.54, 1.807) is 0 Å². The molecule has 2 nitrogen and oxygen atoms in total. The summed E-state index contributed by atoms with van der Waals surface area (Å²) in [6.45, 7) is 0.696. The van der Waals surface area contributed by atoms with Gasteiger partial charge in [-0.2, -0.15) is 0 Å². The maximum Gasteiger partial charge on any atom is 0.122 e. The molecule has 0 saturated heterocycles. The van der Waals surface area contributed by atoms with E-state index in [1.807, 2.05) is 30.3 Å². The molecule has 0 aliphatic carbocycles. The molecule has 13 heavy (non-hydrogen) atoms. The minimum absolute atomic E-state index is 0.467. The molecule has 0 bridgehead atoms. The maximum absolute atomic E-state index is 9.62. The second-order valence-electron chi connectivity index (χ2n) is 3.06. The molecular formula is C11H16NO. The first-order valence-corrected chi connectivity index (χ1v) is 4.65. The predicted octanol–water partition coefficient (Wildman–Crippen LogP) is 2.07. The van der Waals surface area contributed by atoms with Crippen LogP contribution >= 0.6 is 0 Å². The number of unbranched alkanes of at least 4 members (excludes halogenated alkanes) is 1. The van der Waals surface area contributed by atoms with Crippen LogP contribution in [0.3, 0.4) is 0 Å². The molecule has 2 heteroatoms. The summed E-state index contributed by atoms with van der Waals surface area (Å²) in [5, 5.41) is 9.62. The van der Waals surface area contributed by atoms with E-state index in [2.05, 4.69) is 0 Å². The Balaban J connectivity index is 2.35. The number of aliphatic hydroxyl groups is 1. The van der Waals surface area contributed by atoms with Crippen LogP contribution in [0.1, 0.15) is 24.8 Å². The standard InChI is InChI=1S/C11H16NO/c12-9-5-4-8-11(13)10-6-2-1-3-7-10/h1-3,6-7,13H,4-5,8-9,12H2. The molecule has 0 fully saturated rings. The molecule has 71 valence electrons. The molecule has 0 aliphatic rings. The van der Waals surface area contributed by atoms with E-state index in [0.29, 0.717) is 12.6 Å². The zero-order valence-corrected chi connectivity index (χ0v) is 7.74. The van der Waals surface area contributed by atoms with Gasteiger partial charge in [0.1, 0.15) is 6.10 Å². The molecule has 0 heterocycles. The fourth-order valence-electron chi connectivity index (χ4n) is 1.21. The third kappa shape index (κ3) is 3.57. The second-order valence-corrected chi connectivity index (χ2v) is 3.06. The minimum Gasteiger partial charge on any atom is -0.382 e. The number of aliphatic hydroxyl groups excluding tert-OH is 1. The average Bonchev–Trinajstić information content (AvgIpc) is 2.19. The van der Waals surface area contributed by atoms with Gasteiger partial charge in [0, 0.05) is 0 Å². The van der Waals surface area contributed by atoms with Gasteiger partial charge in [-0.1, -0.05) is 30.3 Å². The lowest BCUT2D eigenvalue weighted by Crippen LogP contribution is -2.02. The van der Waals surface area contributed by atoms with Crippen LogP contribution in [-0.2, 0) is 0 Å². The second kappa shape index (κ2) is 5.73. The fraction of sp³-hybridized carbons (Fsp3) is 0.364. The van der Waals surface area contributed by atoms with E-state index >= 15 is 0 Å². The van der Waals surface area contributed by atoms with Gasteiger partial charge in [0.15, 0.2) is 0 Å².